The highest BCUT2D eigenvalue weighted by Gasteiger charge is 2.25. The minimum absolute atomic E-state index is 1.07. The van der Waals surface area contributed by atoms with E-state index < -0.39 is 0 Å². The van der Waals surface area contributed by atoms with Crippen molar-refractivity contribution in [1.82, 2.24) is 4.90 Å². The van der Waals surface area contributed by atoms with E-state index in [9.17, 15) is 0 Å². The fourth-order valence-electron chi connectivity index (χ4n) is 1.46. The zero-order valence-electron chi connectivity index (χ0n) is 5.84. The zero-order chi connectivity index (χ0) is 6.10. The van der Waals surface area contributed by atoms with Crippen molar-refractivity contribution < 1.29 is 0 Å². The molecule has 1 aliphatic carbocycles. The molecular weight excluding hydrogens is 110 g/mol. The molecule has 0 N–H and O–H groups in total. The summed E-state index contributed by atoms with van der Waals surface area (Å²) in [7, 11) is 0. The van der Waals surface area contributed by atoms with Crippen LogP contribution in [0.4, 0.5) is 0 Å². The van der Waals surface area contributed by atoms with Gasteiger partial charge in [-0.15, -0.1) is 0 Å². The molecule has 0 amide bonds. The predicted octanol–water partition coefficient (Wildman–Crippen LogP) is 1.65. The van der Waals surface area contributed by atoms with Gasteiger partial charge in [-0.3, -0.25) is 4.90 Å². The van der Waals surface area contributed by atoms with E-state index in [0.717, 1.165) is 5.92 Å². The molecule has 9 heavy (non-hydrogen) atoms. The van der Waals surface area contributed by atoms with Crippen LogP contribution in [0.5, 0.6) is 0 Å². The van der Waals surface area contributed by atoms with E-state index in [2.05, 4.69) is 11.4 Å². The summed E-state index contributed by atoms with van der Waals surface area (Å²) in [5, 5.41) is 0. The molecule has 0 atom stereocenters. The molecule has 0 aromatic rings. The Morgan fingerprint density at radius 2 is 2.33 bits per heavy atom. The smallest absolute Gasteiger partial charge is 0.0252 e. The van der Waals surface area contributed by atoms with Gasteiger partial charge in [-0.2, -0.15) is 0 Å². The van der Waals surface area contributed by atoms with Gasteiger partial charge in [0.1, 0.15) is 0 Å². The number of nitrogens with zero attached hydrogens (tertiary/aromatic N) is 1. The normalized spacial score (nSPS) is 29.3. The second-order valence-electron chi connectivity index (χ2n) is 3.26. The molecular formula is C8H14N. The average molecular weight is 124 g/mol. The van der Waals surface area contributed by atoms with Gasteiger partial charge in [0.15, 0.2) is 0 Å². The summed E-state index contributed by atoms with van der Waals surface area (Å²) in [4.78, 5) is 2.50. The second-order valence-corrected chi connectivity index (χ2v) is 3.26. The third-order valence-electron chi connectivity index (χ3n) is 2.23. The topological polar surface area (TPSA) is 3.24 Å². The lowest BCUT2D eigenvalue weighted by atomic mass is 10.4. The van der Waals surface area contributed by atoms with Crippen LogP contribution in [0.2, 0.25) is 0 Å². The van der Waals surface area contributed by atoms with Crippen molar-refractivity contribution in [1.29, 1.82) is 0 Å². The highest BCUT2D eigenvalue weighted by molar-refractivity contribution is 4.83. The van der Waals surface area contributed by atoms with Gasteiger partial charge in [-0.05, 0) is 38.1 Å². The minimum Gasteiger partial charge on any atom is -0.299 e. The van der Waals surface area contributed by atoms with E-state index in [0.29, 0.717) is 0 Å². The maximum Gasteiger partial charge on any atom is 0.0252 e. The first-order valence-corrected chi connectivity index (χ1v) is 4.02. The molecule has 0 aromatic heterocycles. The van der Waals surface area contributed by atoms with Crippen LogP contribution in [-0.4, -0.2) is 18.0 Å². The van der Waals surface area contributed by atoms with Crippen molar-refractivity contribution in [3.63, 3.8) is 0 Å². The van der Waals surface area contributed by atoms with E-state index in [-0.39, 0.29) is 0 Å². The fourth-order valence-corrected chi connectivity index (χ4v) is 1.46. The molecule has 1 nitrogen and oxygen atoms in total. The highest BCUT2D eigenvalue weighted by atomic mass is 15.1. The number of hydrogen-bond donors (Lipinski definition) is 0. The minimum atomic E-state index is 1.07. The van der Waals surface area contributed by atoms with Gasteiger partial charge in [-0.1, -0.05) is 0 Å². The maximum atomic E-state index is 2.50. The number of rotatable bonds is 2. The van der Waals surface area contributed by atoms with Crippen molar-refractivity contribution in [3.05, 3.63) is 6.54 Å². The third kappa shape index (κ3) is 1.45. The molecule has 2 aliphatic rings. The number of hydrogen-bond acceptors (Lipinski definition) is 1. The molecule has 51 valence electrons. The first-order chi connectivity index (χ1) is 4.45. The van der Waals surface area contributed by atoms with E-state index in [1.807, 2.05) is 0 Å². The Morgan fingerprint density at radius 1 is 1.44 bits per heavy atom. The molecule has 1 heteroatoms. The van der Waals surface area contributed by atoms with E-state index >= 15 is 0 Å². The molecule has 1 saturated heterocycles. The standard InChI is InChI=1S/C8H14N/c1-2-6-9(5-1)7-8-3-4-8/h5,8H,1-4,6-7H2. The lowest BCUT2D eigenvalue weighted by molar-refractivity contribution is 0.368. The van der Waals surface area contributed by atoms with Crippen LogP contribution in [0.15, 0.2) is 0 Å². The molecule has 0 bridgehead atoms. The van der Waals surface area contributed by atoms with E-state index in [4.69, 9.17) is 0 Å². The molecule has 0 spiro atoms. The van der Waals surface area contributed by atoms with Gasteiger partial charge in [0.25, 0.3) is 0 Å². The van der Waals surface area contributed by atoms with Crippen molar-refractivity contribution in [2.75, 3.05) is 13.1 Å². The monoisotopic (exact) mass is 124 g/mol. The Bertz CT molecular complexity index is 90.7. The van der Waals surface area contributed by atoms with E-state index in [1.54, 1.807) is 0 Å². The first-order valence-electron chi connectivity index (χ1n) is 4.02. The Morgan fingerprint density at radius 3 is 2.89 bits per heavy atom. The number of likely N-dealkylation sites (tertiary alicyclic amines) is 1. The quantitative estimate of drug-likeness (QED) is 0.541. The largest absolute Gasteiger partial charge is 0.299 e. The Balaban J connectivity index is 1.70. The Hall–Kier alpha value is -0.0400. The summed E-state index contributed by atoms with van der Waals surface area (Å²) in [6, 6.07) is 0. The van der Waals surface area contributed by atoms with Crippen molar-refractivity contribution in [2.24, 2.45) is 5.92 Å². The lowest BCUT2D eigenvalue weighted by Crippen LogP contribution is -2.18. The summed E-state index contributed by atoms with van der Waals surface area (Å²) < 4.78 is 0. The van der Waals surface area contributed by atoms with Gasteiger partial charge in [0, 0.05) is 13.1 Å². The van der Waals surface area contributed by atoms with Crippen LogP contribution in [0.25, 0.3) is 0 Å². The van der Waals surface area contributed by atoms with Crippen molar-refractivity contribution >= 4 is 0 Å². The molecule has 1 radical (unpaired) electrons. The van der Waals surface area contributed by atoms with Crippen LogP contribution in [0, 0.1) is 12.5 Å². The molecule has 2 rings (SSSR count). The average Bonchev–Trinajstić information content (AvgIpc) is 2.46. The highest BCUT2D eigenvalue weighted by Crippen LogP contribution is 2.31. The summed E-state index contributed by atoms with van der Waals surface area (Å²) in [5.74, 6) is 1.07. The lowest BCUT2D eigenvalue weighted by Gasteiger charge is -2.11. The molecule has 1 heterocycles. The van der Waals surface area contributed by atoms with Crippen molar-refractivity contribution in [3.8, 4) is 0 Å². The van der Waals surface area contributed by atoms with Crippen LogP contribution in [-0.2, 0) is 0 Å². The van der Waals surface area contributed by atoms with Gasteiger partial charge in [0.2, 0.25) is 0 Å². The van der Waals surface area contributed by atoms with Gasteiger partial charge >= 0.3 is 0 Å². The maximum absolute atomic E-state index is 2.50. The summed E-state index contributed by atoms with van der Waals surface area (Å²) >= 11 is 0. The first kappa shape index (κ1) is 5.72. The molecule has 0 aromatic carbocycles. The fraction of sp³-hybridized carbons (Fsp3) is 0.875. The molecule has 0 unspecified atom stereocenters. The SMILES string of the molecule is [CH]1CCCN1CC1CC1. The Labute approximate surface area is 57.0 Å². The molecule has 2 fully saturated rings. The van der Waals surface area contributed by atoms with Crippen LogP contribution in [0.1, 0.15) is 25.7 Å². The van der Waals surface area contributed by atoms with Gasteiger partial charge < -0.3 is 0 Å². The zero-order valence-corrected chi connectivity index (χ0v) is 5.84. The Kier molecular flexibility index (Phi) is 1.46. The molecule has 1 aliphatic heterocycles. The van der Waals surface area contributed by atoms with Crippen LogP contribution < -0.4 is 0 Å². The summed E-state index contributed by atoms with van der Waals surface area (Å²) in [6.07, 6.45) is 5.70. The van der Waals surface area contributed by atoms with Crippen LogP contribution >= 0.6 is 0 Å². The predicted molar refractivity (Wildman–Crippen MR) is 37.8 cm³/mol. The summed E-state index contributed by atoms with van der Waals surface area (Å²) in [5.41, 5.74) is 0. The van der Waals surface area contributed by atoms with Gasteiger partial charge in [0.05, 0.1) is 0 Å². The van der Waals surface area contributed by atoms with E-state index in [1.165, 1.54) is 38.8 Å². The second kappa shape index (κ2) is 2.30. The van der Waals surface area contributed by atoms with Gasteiger partial charge in [-0.25, -0.2) is 0 Å². The third-order valence-corrected chi connectivity index (χ3v) is 2.23. The summed E-state index contributed by atoms with van der Waals surface area (Å²) in [6.45, 7) is 5.06. The van der Waals surface area contributed by atoms with Crippen LogP contribution in [0.3, 0.4) is 0 Å². The molecule has 1 saturated carbocycles. The van der Waals surface area contributed by atoms with Crippen molar-refractivity contribution in [2.45, 2.75) is 25.7 Å².